The predicted molar refractivity (Wildman–Crippen MR) is 52.6 cm³/mol. The van der Waals surface area contributed by atoms with Gasteiger partial charge in [-0.3, -0.25) is 0 Å². The molecule has 0 spiro atoms. The van der Waals surface area contributed by atoms with Gasteiger partial charge in [0.15, 0.2) is 0 Å². The zero-order chi connectivity index (χ0) is 9.97. The fourth-order valence-electron chi connectivity index (χ4n) is 1.38. The van der Waals surface area contributed by atoms with Gasteiger partial charge in [-0.25, -0.2) is 4.79 Å². The second-order valence-electron chi connectivity index (χ2n) is 2.85. The van der Waals surface area contributed by atoms with Gasteiger partial charge in [0.05, 0.1) is 0 Å². The van der Waals surface area contributed by atoms with Crippen LogP contribution < -0.4 is 4.74 Å². The summed E-state index contributed by atoms with van der Waals surface area (Å²) in [4.78, 5) is 10.4. The summed E-state index contributed by atoms with van der Waals surface area (Å²) in [6.45, 7) is 0. The van der Waals surface area contributed by atoms with E-state index in [0.29, 0.717) is 5.75 Å². The predicted octanol–water partition coefficient (Wildman–Crippen LogP) is 2.89. The van der Waals surface area contributed by atoms with Gasteiger partial charge in [0.1, 0.15) is 5.75 Å². The molecule has 0 aliphatic rings. The number of ether oxygens (including phenoxy) is 1. The van der Waals surface area contributed by atoms with E-state index in [1.54, 1.807) is 12.1 Å². The van der Waals surface area contributed by atoms with E-state index < -0.39 is 6.16 Å². The van der Waals surface area contributed by atoms with E-state index in [1.807, 2.05) is 30.3 Å². The molecule has 4 heteroatoms. The van der Waals surface area contributed by atoms with Crippen LogP contribution in [0.1, 0.15) is 0 Å². The fraction of sp³-hybridized carbons (Fsp3) is 0. The van der Waals surface area contributed by atoms with Crippen LogP contribution in [0.2, 0.25) is 0 Å². The summed E-state index contributed by atoms with van der Waals surface area (Å²) in [5.74, 6) is 0.371. The van der Waals surface area contributed by atoms with Crippen LogP contribution in [0, 0.1) is 0 Å². The maximum atomic E-state index is 10.4. The number of benzene rings is 2. The van der Waals surface area contributed by atoms with Gasteiger partial charge in [0.2, 0.25) is 0 Å². The SMILES string of the molecule is O=C(O)Oc1cccc2ccccc12.[Zn]. The summed E-state index contributed by atoms with van der Waals surface area (Å²) in [5.41, 5.74) is 0. The van der Waals surface area contributed by atoms with Gasteiger partial charge in [-0.2, -0.15) is 0 Å². The van der Waals surface area contributed by atoms with Crippen molar-refractivity contribution in [2.24, 2.45) is 0 Å². The minimum Gasteiger partial charge on any atom is -0.449 e. The molecule has 0 aromatic heterocycles. The molecule has 0 heterocycles. The Hall–Kier alpha value is -1.41. The smallest absolute Gasteiger partial charge is 0.449 e. The number of carbonyl (C=O) groups is 1. The number of hydrogen-bond donors (Lipinski definition) is 1. The first-order valence-electron chi connectivity index (χ1n) is 4.16. The van der Waals surface area contributed by atoms with Crippen LogP contribution in [-0.4, -0.2) is 11.3 Å². The zero-order valence-electron chi connectivity index (χ0n) is 8.01. The Morgan fingerprint density at radius 1 is 1.07 bits per heavy atom. The van der Waals surface area contributed by atoms with Crippen molar-refractivity contribution in [1.29, 1.82) is 0 Å². The third kappa shape index (κ3) is 2.54. The second kappa shape index (κ2) is 4.90. The minimum absolute atomic E-state index is 0. The molecule has 0 aliphatic heterocycles. The summed E-state index contributed by atoms with van der Waals surface area (Å²) < 4.78 is 4.64. The topological polar surface area (TPSA) is 46.5 Å². The minimum atomic E-state index is -1.29. The molecule has 0 saturated carbocycles. The maximum Gasteiger partial charge on any atom is 0.511 e. The van der Waals surface area contributed by atoms with Crippen molar-refractivity contribution in [1.82, 2.24) is 0 Å². The standard InChI is InChI=1S/C11H8O3.Zn/c12-11(13)14-10-7-3-5-8-4-1-2-6-9(8)10;/h1-7H,(H,12,13);. The molecule has 0 aliphatic carbocycles. The second-order valence-corrected chi connectivity index (χ2v) is 2.85. The number of fused-ring (bicyclic) bond motifs is 1. The van der Waals surface area contributed by atoms with Crippen LogP contribution in [0.25, 0.3) is 10.8 Å². The quantitative estimate of drug-likeness (QED) is 0.483. The van der Waals surface area contributed by atoms with E-state index in [4.69, 9.17) is 5.11 Å². The van der Waals surface area contributed by atoms with Crippen LogP contribution in [0.3, 0.4) is 0 Å². The van der Waals surface area contributed by atoms with Crippen molar-refractivity contribution in [3.63, 3.8) is 0 Å². The number of rotatable bonds is 1. The molecule has 0 bridgehead atoms. The molecule has 2 aromatic carbocycles. The van der Waals surface area contributed by atoms with E-state index in [9.17, 15) is 4.79 Å². The molecule has 0 fully saturated rings. The Balaban J connectivity index is 0.00000112. The Morgan fingerprint density at radius 2 is 1.73 bits per heavy atom. The van der Waals surface area contributed by atoms with Crippen LogP contribution in [-0.2, 0) is 19.5 Å². The summed E-state index contributed by atoms with van der Waals surface area (Å²) in [6.07, 6.45) is -1.29. The van der Waals surface area contributed by atoms with E-state index in [1.165, 1.54) is 0 Å². The Bertz CT molecular complexity index is 477. The van der Waals surface area contributed by atoms with Gasteiger partial charge in [-0.1, -0.05) is 36.4 Å². The monoisotopic (exact) mass is 252 g/mol. The van der Waals surface area contributed by atoms with Gasteiger partial charge in [0.25, 0.3) is 0 Å². The third-order valence-corrected chi connectivity index (χ3v) is 1.95. The average Bonchev–Trinajstić information content (AvgIpc) is 2.18. The van der Waals surface area contributed by atoms with Crippen molar-refractivity contribution >= 4 is 16.9 Å². The molecule has 3 nitrogen and oxygen atoms in total. The van der Waals surface area contributed by atoms with Crippen molar-refractivity contribution < 1.29 is 34.1 Å². The fourth-order valence-corrected chi connectivity index (χ4v) is 1.38. The van der Waals surface area contributed by atoms with Gasteiger partial charge in [0, 0.05) is 24.9 Å². The van der Waals surface area contributed by atoms with E-state index in [2.05, 4.69) is 4.74 Å². The van der Waals surface area contributed by atoms with Gasteiger partial charge < -0.3 is 9.84 Å². The molecule has 0 radical (unpaired) electrons. The van der Waals surface area contributed by atoms with Crippen LogP contribution in [0.4, 0.5) is 4.79 Å². The Morgan fingerprint density at radius 3 is 2.47 bits per heavy atom. The van der Waals surface area contributed by atoms with Crippen molar-refractivity contribution in [3.8, 4) is 5.75 Å². The zero-order valence-corrected chi connectivity index (χ0v) is 11.0. The molecule has 0 saturated heterocycles. The molecule has 15 heavy (non-hydrogen) atoms. The third-order valence-electron chi connectivity index (χ3n) is 1.95. The van der Waals surface area contributed by atoms with Gasteiger partial charge >= 0.3 is 6.16 Å². The van der Waals surface area contributed by atoms with Gasteiger partial charge in [-0.05, 0) is 11.5 Å². The summed E-state index contributed by atoms with van der Waals surface area (Å²) >= 11 is 0. The molecule has 1 N–H and O–H groups in total. The van der Waals surface area contributed by atoms with Crippen LogP contribution in [0.5, 0.6) is 5.75 Å². The summed E-state index contributed by atoms with van der Waals surface area (Å²) in [6, 6.07) is 12.8. The maximum absolute atomic E-state index is 10.4. The van der Waals surface area contributed by atoms with Crippen molar-refractivity contribution in [3.05, 3.63) is 42.5 Å². The average molecular weight is 254 g/mol. The summed E-state index contributed by atoms with van der Waals surface area (Å²) in [5, 5.41) is 10.3. The number of hydrogen-bond acceptors (Lipinski definition) is 2. The Kier molecular flexibility index (Phi) is 3.81. The Labute approximate surface area is 99.4 Å². The molecule has 0 amide bonds. The van der Waals surface area contributed by atoms with E-state index in [-0.39, 0.29) is 19.5 Å². The first-order valence-corrected chi connectivity index (χ1v) is 4.16. The van der Waals surface area contributed by atoms with Crippen molar-refractivity contribution in [2.75, 3.05) is 0 Å². The normalized spacial score (nSPS) is 9.33. The summed E-state index contributed by atoms with van der Waals surface area (Å²) in [7, 11) is 0. The molecule has 72 valence electrons. The molecular weight excluding hydrogens is 246 g/mol. The first kappa shape index (κ1) is 11.7. The molecule has 2 aromatic rings. The molecule has 2 rings (SSSR count). The van der Waals surface area contributed by atoms with E-state index >= 15 is 0 Å². The van der Waals surface area contributed by atoms with Gasteiger partial charge in [-0.15, -0.1) is 0 Å². The van der Waals surface area contributed by atoms with E-state index in [0.717, 1.165) is 10.8 Å². The van der Waals surface area contributed by atoms with Crippen LogP contribution in [0.15, 0.2) is 42.5 Å². The molecular formula is C11H8O3Zn. The van der Waals surface area contributed by atoms with Crippen molar-refractivity contribution in [2.45, 2.75) is 0 Å². The first-order chi connectivity index (χ1) is 6.77. The molecule has 0 unspecified atom stereocenters. The largest absolute Gasteiger partial charge is 0.511 e. The number of carboxylic acid groups (broad SMARTS) is 1. The molecule has 0 atom stereocenters. The van der Waals surface area contributed by atoms with Crippen LogP contribution >= 0.6 is 0 Å².